The van der Waals surface area contributed by atoms with E-state index in [4.69, 9.17) is 5.73 Å². The first kappa shape index (κ1) is 13.1. The van der Waals surface area contributed by atoms with Gasteiger partial charge in [-0.25, -0.2) is 0 Å². The van der Waals surface area contributed by atoms with Crippen LogP contribution in [0.3, 0.4) is 0 Å². The van der Waals surface area contributed by atoms with Gasteiger partial charge < -0.3 is 5.73 Å². The van der Waals surface area contributed by atoms with Crippen molar-refractivity contribution in [3.8, 4) is 0 Å². The highest BCUT2D eigenvalue weighted by atomic mass is 32.1. The molecule has 0 aliphatic heterocycles. The summed E-state index contributed by atoms with van der Waals surface area (Å²) in [5, 5.41) is 2.12. The van der Waals surface area contributed by atoms with E-state index in [-0.39, 0.29) is 6.04 Å². The Labute approximate surface area is 109 Å². The summed E-state index contributed by atoms with van der Waals surface area (Å²) in [6.45, 7) is 4.40. The molecule has 0 aromatic carbocycles. The highest BCUT2D eigenvalue weighted by Crippen LogP contribution is 2.25. The molecule has 0 amide bonds. The van der Waals surface area contributed by atoms with E-state index in [2.05, 4.69) is 29.3 Å². The summed E-state index contributed by atoms with van der Waals surface area (Å²) in [6, 6.07) is 5.22. The fourth-order valence-electron chi connectivity index (χ4n) is 2.83. The predicted octanol–water partition coefficient (Wildman–Crippen LogP) is 3.40. The molecule has 96 valence electrons. The lowest BCUT2D eigenvalue weighted by atomic mass is 9.94. The molecule has 1 fully saturated rings. The molecule has 1 aromatic rings. The zero-order chi connectivity index (χ0) is 12.1. The standard InChI is InChI=1S/C14H24N2S/c1-2-16(12-7-4-3-5-8-12)11-13(15)14-9-6-10-17-14/h6,9-10,12-13H,2-5,7-8,11,15H2,1H3. The van der Waals surface area contributed by atoms with Crippen LogP contribution in [0.5, 0.6) is 0 Å². The van der Waals surface area contributed by atoms with Crippen molar-refractivity contribution in [2.24, 2.45) is 5.73 Å². The minimum atomic E-state index is 0.192. The molecule has 0 saturated heterocycles. The van der Waals surface area contributed by atoms with Crippen molar-refractivity contribution in [2.75, 3.05) is 13.1 Å². The van der Waals surface area contributed by atoms with E-state index in [9.17, 15) is 0 Å². The molecule has 0 radical (unpaired) electrons. The number of hydrogen-bond acceptors (Lipinski definition) is 3. The predicted molar refractivity (Wildman–Crippen MR) is 75.4 cm³/mol. The summed E-state index contributed by atoms with van der Waals surface area (Å²) in [6.07, 6.45) is 6.95. The van der Waals surface area contributed by atoms with Crippen LogP contribution in [0.2, 0.25) is 0 Å². The Morgan fingerprint density at radius 1 is 1.41 bits per heavy atom. The minimum absolute atomic E-state index is 0.192. The Bertz CT molecular complexity index is 304. The van der Waals surface area contributed by atoms with Gasteiger partial charge in [0.25, 0.3) is 0 Å². The molecule has 1 aromatic heterocycles. The van der Waals surface area contributed by atoms with Crippen molar-refractivity contribution in [3.05, 3.63) is 22.4 Å². The van der Waals surface area contributed by atoms with Crippen molar-refractivity contribution in [1.82, 2.24) is 4.90 Å². The average Bonchev–Trinajstić information content (AvgIpc) is 2.90. The second kappa shape index (κ2) is 6.53. The Balaban J connectivity index is 1.90. The van der Waals surface area contributed by atoms with E-state index in [0.717, 1.165) is 19.1 Å². The summed E-state index contributed by atoms with van der Waals surface area (Å²) in [7, 11) is 0. The molecular weight excluding hydrogens is 228 g/mol. The van der Waals surface area contributed by atoms with Crippen LogP contribution in [0.1, 0.15) is 49.9 Å². The fraction of sp³-hybridized carbons (Fsp3) is 0.714. The summed E-state index contributed by atoms with van der Waals surface area (Å²) in [5.74, 6) is 0. The smallest absolute Gasteiger partial charge is 0.0519 e. The van der Waals surface area contributed by atoms with Gasteiger partial charge in [0, 0.05) is 17.5 Å². The number of hydrogen-bond donors (Lipinski definition) is 1. The first-order valence-corrected chi connectivity index (χ1v) is 7.72. The van der Waals surface area contributed by atoms with Crippen LogP contribution >= 0.6 is 11.3 Å². The maximum absolute atomic E-state index is 6.29. The molecule has 3 heteroatoms. The van der Waals surface area contributed by atoms with E-state index in [1.807, 2.05) is 0 Å². The Morgan fingerprint density at radius 2 is 2.18 bits per heavy atom. The van der Waals surface area contributed by atoms with Crippen molar-refractivity contribution in [2.45, 2.75) is 51.1 Å². The summed E-state index contributed by atoms with van der Waals surface area (Å²) >= 11 is 1.78. The van der Waals surface area contributed by atoms with E-state index in [1.54, 1.807) is 11.3 Å². The number of thiophene rings is 1. The van der Waals surface area contributed by atoms with Gasteiger partial charge in [0.15, 0.2) is 0 Å². The second-order valence-corrected chi connectivity index (χ2v) is 5.98. The largest absolute Gasteiger partial charge is 0.322 e. The molecule has 2 nitrogen and oxygen atoms in total. The summed E-state index contributed by atoms with van der Waals surface area (Å²) in [5.41, 5.74) is 6.29. The van der Waals surface area contributed by atoms with E-state index < -0.39 is 0 Å². The average molecular weight is 252 g/mol. The van der Waals surface area contributed by atoms with Gasteiger partial charge in [-0.3, -0.25) is 4.90 Å². The zero-order valence-corrected chi connectivity index (χ0v) is 11.6. The third kappa shape index (κ3) is 3.54. The summed E-state index contributed by atoms with van der Waals surface area (Å²) in [4.78, 5) is 3.91. The fourth-order valence-corrected chi connectivity index (χ4v) is 3.55. The summed E-state index contributed by atoms with van der Waals surface area (Å²) < 4.78 is 0. The van der Waals surface area contributed by atoms with Gasteiger partial charge in [0.05, 0.1) is 6.04 Å². The molecule has 0 bridgehead atoms. The molecule has 1 saturated carbocycles. The number of nitrogens with two attached hydrogens (primary N) is 1. The maximum Gasteiger partial charge on any atom is 0.0519 e. The van der Waals surface area contributed by atoms with Gasteiger partial charge in [0.1, 0.15) is 0 Å². The Hall–Kier alpha value is -0.380. The van der Waals surface area contributed by atoms with Crippen molar-refractivity contribution in [1.29, 1.82) is 0 Å². The van der Waals surface area contributed by atoms with Gasteiger partial charge >= 0.3 is 0 Å². The third-order valence-corrected chi connectivity index (χ3v) is 4.84. The topological polar surface area (TPSA) is 29.3 Å². The number of rotatable bonds is 5. The van der Waals surface area contributed by atoms with Crippen LogP contribution in [0, 0.1) is 0 Å². The molecule has 1 heterocycles. The first-order valence-electron chi connectivity index (χ1n) is 6.84. The van der Waals surface area contributed by atoms with Crippen LogP contribution in [0.4, 0.5) is 0 Å². The zero-order valence-electron chi connectivity index (χ0n) is 10.8. The lowest BCUT2D eigenvalue weighted by Crippen LogP contribution is -2.40. The van der Waals surface area contributed by atoms with Crippen LogP contribution < -0.4 is 5.73 Å². The molecule has 2 rings (SSSR count). The molecule has 1 unspecified atom stereocenters. The minimum Gasteiger partial charge on any atom is -0.322 e. The SMILES string of the molecule is CCN(CC(N)c1cccs1)C1CCCCC1. The van der Waals surface area contributed by atoms with Crippen molar-refractivity contribution < 1.29 is 0 Å². The number of likely N-dealkylation sites (N-methyl/N-ethyl adjacent to an activating group) is 1. The van der Waals surface area contributed by atoms with E-state index in [0.29, 0.717) is 0 Å². The van der Waals surface area contributed by atoms with E-state index >= 15 is 0 Å². The van der Waals surface area contributed by atoms with Gasteiger partial charge in [0.2, 0.25) is 0 Å². The van der Waals surface area contributed by atoms with Crippen LogP contribution in [-0.2, 0) is 0 Å². The van der Waals surface area contributed by atoms with Crippen molar-refractivity contribution in [3.63, 3.8) is 0 Å². The van der Waals surface area contributed by atoms with Crippen LogP contribution in [-0.4, -0.2) is 24.0 Å². The monoisotopic (exact) mass is 252 g/mol. The highest BCUT2D eigenvalue weighted by Gasteiger charge is 2.22. The van der Waals surface area contributed by atoms with E-state index in [1.165, 1.54) is 37.0 Å². The molecule has 1 aliphatic carbocycles. The molecule has 17 heavy (non-hydrogen) atoms. The second-order valence-electron chi connectivity index (χ2n) is 5.00. The lowest BCUT2D eigenvalue weighted by molar-refractivity contribution is 0.155. The quantitative estimate of drug-likeness (QED) is 0.870. The Kier molecular flexibility index (Phi) is 5.01. The van der Waals surface area contributed by atoms with Crippen LogP contribution in [0.25, 0.3) is 0 Å². The van der Waals surface area contributed by atoms with Gasteiger partial charge in [-0.1, -0.05) is 32.3 Å². The van der Waals surface area contributed by atoms with Gasteiger partial charge in [-0.05, 0) is 30.8 Å². The highest BCUT2D eigenvalue weighted by molar-refractivity contribution is 7.10. The molecule has 0 spiro atoms. The normalized spacial score (nSPS) is 19.7. The molecule has 1 aliphatic rings. The third-order valence-electron chi connectivity index (χ3n) is 3.84. The number of nitrogens with zero attached hydrogens (tertiary/aromatic N) is 1. The van der Waals surface area contributed by atoms with Gasteiger partial charge in [-0.15, -0.1) is 11.3 Å². The lowest BCUT2D eigenvalue weighted by Gasteiger charge is -2.34. The van der Waals surface area contributed by atoms with Gasteiger partial charge in [-0.2, -0.15) is 0 Å². The van der Waals surface area contributed by atoms with Crippen LogP contribution in [0.15, 0.2) is 17.5 Å². The first-order chi connectivity index (χ1) is 8.31. The maximum atomic E-state index is 6.29. The van der Waals surface area contributed by atoms with Crippen molar-refractivity contribution >= 4 is 11.3 Å². The molecule has 2 N–H and O–H groups in total. The Morgan fingerprint density at radius 3 is 2.76 bits per heavy atom. The molecular formula is C14H24N2S. The molecule has 1 atom stereocenters.